The number of carbonyl (C=O) groups is 2. The van der Waals surface area contributed by atoms with Crippen LogP contribution in [0.3, 0.4) is 0 Å². The smallest absolute Gasteiger partial charge is 0.265 e. The third-order valence-corrected chi connectivity index (χ3v) is 7.13. The van der Waals surface area contributed by atoms with E-state index >= 15 is 0 Å². The molecular formula is C24H43N5O4S. The lowest BCUT2D eigenvalue weighted by molar-refractivity contribution is 0.0953. The molecule has 0 heterocycles. The second kappa shape index (κ2) is 17.3. The van der Waals surface area contributed by atoms with Crippen molar-refractivity contribution in [1.82, 2.24) is 10.9 Å². The summed E-state index contributed by atoms with van der Waals surface area (Å²) in [6.45, 7) is 2.24. The summed E-state index contributed by atoms with van der Waals surface area (Å²) in [6.07, 6.45) is 16.7. The van der Waals surface area contributed by atoms with Gasteiger partial charge in [0.15, 0.2) is 0 Å². The topological polar surface area (TPSA) is 156 Å². The molecule has 10 heteroatoms. The predicted molar refractivity (Wildman–Crippen MR) is 137 cm³/mol. The highest BCUT2D eigenvalue weighted by atomic mass is 32.2. The predicted octanol–water partition coefficient (Wildman–Crippen LogP) is 4.12. The zero-order valence-corrected chi connectivity index (χ0v) is 21.4. The number of carbonyl (C=O) groups excluding carboxylic acids is 2. The number of amides is 2. The quantitative estimate of drug-likeness (QED) is 0.0837. The fourth-order valence-corrected chi connectivity index (χ4v) is 5.00. The van der Waals surface area contributed by atoms with E-state index in [0.717, 1.165) is 19.3 Å². The molecule has 0 fully saturated rings. The molecule has 0 aromatic heterocycles. The largest absolute Gasteiger partial charge is 0.290 e. The summed E-state index contributed by atoms with van der Waals surface area (Å²) in [5.74, 6) is 8.95. The number of sulfonamides is 1. The number of anilines is 1. The Bertz CT molecular complexity index is 812. The van der Waals surface area contributed by atoms with Crippen molar-refractivity contribution in [2.24, 2.45) is 11.7 Å². The van der Waals surface area contributed by atoms with Crippen molar-refractivity contribution >= 4 is 27.5 Å². The minimum atomic E-state index is -3.63. The van der Waals surface area contributed by atoms with E-state index in [2.05, 4.69) is 11.6 Å². The molecule has 34 heavy (non-hydrogen) atoms. The van der Waals surface area contributed by atoms with E-state index in [1.807, 2.05) is 10.9 Å². The molecule has 1 aromatic rings. The maximum Gasteiger partial charge on any atom is 0.265 e. The van der Waals surface area contributed by atoms with E-state index in [1.165, 1.54) is 82.4 Å². The summed E-state index contributed by atoms with van der Waals surface area (Å²) in [6, 6.07) is 3.91. The molecule has 7 N–H and O–H groups in total. The summed E-state index contributed by atoms with van der Waals surface area (Å²) in [5, 5.41) is 0. The van der Waals surface area contributed by atoms with E-state index in [-0.39, 0.29) is 22.6 Å². The molecular weight excluding hydrogens is 454 g/mol. The minimum absolute atomic E-state index is 0.0310. The maximum atomic E-state index is 12.5. The third-order valence-electron chi connectivity index (χ3n) is 5.76. The van der Waals surface area contributed by atoms with Crippen LogP contribution in [0, 0.1) is 0 Å². The van der Waals surface area contributed by atoms with Gasteiger partial charge in [-0.1, -0.05) is 90.4 Å². The zero-order valence-electron chi connectivity index (χ0n) is 20.5. The summed E-state index contributed by atoms with van der Waals surface area (Å²) in [5.41, 5.74) is 4.10. The molecule has 0 spiro atoms. The molecule has 0 aliphatic heterocycles. The molecule has 0 saturated carbocycles. The standard InChI is InChI=1S/C24H43N5O4S/c1-2-3-4-5-6-7-8-9-10-11-12-13-14-15-16-34(32,33)29-22-18-20(23(30)27-25)17-21(19-22)24(31)28-26/h17-19,29H,2-16,25-26H2,1H3,(H,27,30)(H,28,31). The molecule has 194 valence electrons. The lowest BCUT2D eigenvalue weighted by Crippen LogP contribution is -2.32. The number of nitrogens with two attached hydrogens (primary N) is 2. The Hall–Kier alpha value is -2.17. The van der Waals surface area contributed by atoms with Gasteiger partial charge in [-0.05, 0) is 24.6 Å². The Labute approximate surface area is 204 Å². The second-order valence-corrected chi connectivity index (χ2v) is 10.6. The average molecular weight is 498 g/mol. The number of benzene rings is 1. The van der Waals surface area contributed by atoms with Crippen molar-refractivity contribution in [3.63, 3.8) is 0 Å². The number of nitrogens with one attached hydrogen (secondary N) is 3. The van der Waals surface area contributed by atoms with E-state index in [4.69, 9.17) is 11.7 Å². The van der Waals surface area contributed by atoms with Crippen LogP contribution in [0.1, 0.15) is 118 Å². The van der Waals surface area contributed by atoms with Crippen LogP contribution in [-0.4, -0.2) is 26.0 Å². The van der Waals surface area contributed by atoms with Gasteiger partial charge in [0.25, 0.3) is 11.8 Å². The molecule has 0 radical (unpaired) electrons. The van der Waals surface area contributed by atoms with E-state index in [0.29, 0.717) is 6.42 Å². The molecule has 0 aliphatic carbocycles. The molecule has 1 aromatic carbocycles. The number of hydrazine groups is 2. The fourth-order valence-electron chi connectivity index (χ4n) is 3.83. The highest BCUT2D eigenvalue weighted by Gasteiger charge is 2.16. The van der Waals surface area contributed by atoms with E-state index in [9.17, 15) is 18.0 Å². The lowest BCUT2D eigenvalue weighted by atomic mass is 10.0. The van der Waals surface area contributed by atoms with Crippen molar-refractivity contribution in [3.05, 3.63) is 29.3 Å². The Morgan fingerprint density at radius 1 is 0.676 bits per heavy atom. The maximum absolute atomic E-state index is 12.5. The van der Waals surface area contributed by atoms with Crippen LogP contribution < -0.4 is 27.3 Å². The lowest BCUT2D eigenvalue weighted by Gasteiger charge is -2.11. The van der Waals surface area contributed by atoms with Gasteiger partial charge in [0.2, 0.25) is 10.0 Å². The van der Waals surface area contributed by atoms with E-state index < -0.39 is 21.8 Å². The van der Waals surface area contributed by atoms with Crippen LogP contribution >= 0.6 is 0 Å². The van der Waals surface area contributed by atoms with Gasteiger partial charge in [0, 0.05) is 11.1 Å². The first-order valence-electron chi connectivity index (χ1n) is 12.5. The summed E-state index contributed by atoms with van der Waals surface area (Å²) < 4.78 is 27.4. The molecule has 0 aliphatic rings. The Morgan fingerprint density at radius 3 is 1.44 bits per heavy atom. The van der Waals surface area contributed by atoms with Crippen molar-refractivity contribution in [2.45, 2.75) is 96.8 Å². The normalized spacial score (nSPS) is 11.3. The average Bonchev–Trinajstić information content (AvgIpc) is 2.82. The van der Waals surface area contributed by atoms with Gasteiger partial charge < -0.3 is 0 Å². The van der Waals surface area contributed by atoms with Gasteiger partial charge in [-0.2, -0.15) is 0 Å². The van der Waals surface area contributed by atoms with Crippen molar-refractivity contribution in [3.8, 4) is 0 Å². The van der Waals surface area contributed by atoms with Crippen LogP contribution in [-0.2, 0) is 10.0 Å². The molecule has 1 rings (SSSR count). The number of hydrogen-bond donors (Lipinski definition) is 5. The highest BCUT2D eigenvalue weighted by molar-refractivity contribution is 7.92. The zero-order chi connectivity index (χ0) is 25.2. The van der Waals surface area contributed by atoms with Gasteiger partial charge in [0.1, 0.15) is 0 Å². The van der Waals surface area contributed by atoms with Crippen LogP contribution in [0.2, 0.25) is 0 Å². The van der Waals surface area contributed by atoms with Gasteiger partial charge in [0.05, 0.1) is 11.4 Å². The molecule has 0 atom stereocenters. The van der Waals surface area contributed by atoms with Crippen molar-refractivity contribution in [2.75, 3.05) is 10.5 Å². The van der Waals surface area contributed by atoms with Crippen LogP contribution in [0.5, 0.6) is 0 Å². The van der Waals surface area contributed by atoms with Crippen LogP contribution in [0.4, 0.5) is 5.69 Å². The van der Waals surface area contributed by atoms with Gasteiger partial charge in [-0.15, -0.1) is 0 Å². The SMILES string of the molecule is CCCCCCCCCCCCCCCCS(=O)(=O)Nc1cc(C(=O)NN)cc(C(=O)NN)c1. The summed E-state index contributed by atoms with van der Waals surface area (Å²) in [4.78, 5) is 23.7. The van der Waals surface area contributed by atoms with Gasteiger partial charge in [-0.3, -0.25) is 25.2 Å². The summed E-state index contributed by atoms with van der Waals surface area (Å²) in [7, 11) is -3.63. The number of hydrogen-bond acceptors (Lipinski definition) is 6. The summed E-state index contributed by atoms with van der Waals surface area (Å²) >= 11 is 0. The first-order valence-corrected chi connectivity index (χ1v) is 14.2. The number of unbranched alkanes of at least 4 members (excludes halogenated alkanes) is 13. The van der Waals surface area contributed by atoms with E-state index in [1.54, 1.807) is 0 Å². The first kappa shape index (κ1) is 29.9. The molecule has 9 nitrogen and oxygen atoms in total. The Balaban J connectivity index is 2.30. The highest BCUT2D eigenvalue weighted by Crippen LogP contribution is 2.18. The monoisotopic (exact) mass is 497 g/mol. The molecule has 0 saturated heterocycles. The number of rotatable bonds is 19. The van der Waals surface area contributed by atoms with Crippen molar-refractivity contribution in [1.29, 1.82) is 0 Å². The molecule has 0 unspecified atom stereocenters. The Morgan fingerprint density at radius 2 is 1.06 bits per heavy atom. The molecule has 0 bridgehead atoms. The van der Waals surface area contributed by atoms with Crippen molar-refractivity contribution < 1.29 is 18.0 Å². The van der Waals surface area contributed by atoms with Gasteiger partial charge in [-0.25, -0.2) is 20.1 Å². The Kier molecular flexibility index (Phi) is 15.2. The number of nitrogen functional groups attached to an aromatic ring is 2. The fraction of sp³-hybridized carbons (Fsp3) is 0.667. The first-order chi connectivity index (χ1) is 16.3. The van der Waals surface area contributed by atoms with Crippen LogP contribution in [0.15, 0.2) is 18.2 Å². The van der Waals surface area contributed by atoms with Gasteiger partial charge >= 0.3 is 0 Å². The second-order valence-electron chi connectivity index (χ2n) is 8.76. The third kappa shape index (κ3) is 12.9. The van der Waals surface area contributed by atoms with Crippen LogP contribution in [0.25, 0.3) is 0 Å². The minimum Gasteiger partial charge on any atom is -0.290 e. The molecule has 2 amide bonds.